The van der Waals surface area contributed by atoms with Crippen LogP contribution in [0.15, 0.2) is 0 Å². The zero-order valence-corrected chi connectivity index (χ0v) is 9.62. The lowest BCUT2D eigenvalue weighted by Crippen LogP contribution is -2.39. The van der Waals surface area contributed by atoms with E-state index in [0.29, 0.717) is 11.8 Å². The van der Waals surface area contributed by atoms with Gasteiger partial charge in [-0.25, -0.2) is 6.57 Å². The SMILES string of the molecule is [C-]#[N+]C1(C(C)C)CC(C(C)C)CC1O. The van der Waals surface area contributed by atoms with Crippen LogP contribution >= 0.6 is 0 Å². The summed E-state index contributed by atoms with van der Waals surface area (Å²) in [6, 6.07) is 0. The summed E-state index contributed by atoms with van der Waals surface area (Å²) >= 11 is 0. The standard InChI is InChI=1S/C12H21NO/c1-8(2)10-6-11(14)12(7-10,13-5)9(3)4/h8-11,14H,6-7H2,1-4H3. The molecule has 0 aromatic heterocycles. The fraction of sp³-hybridized carbons (Fsp3) is 0.917. The van der Waals surface area contributed by atoms with E-state index in [1.807, 2.05) is 13.8 Å². The van der Waals surface area contributed by atoms with Gasteiger partial charge in [0, 0.05) is 12.3 Å². The van der Waals surface area contributed by atoms with Gasteiger partial charge in [0.05, 0.1) is 0 Å². The van der Waals surface area contributed by atoms with Crippen LogP contribution in [-0.2, 0) is 0 Å². The molecule has 1 fully saturated rings. The van der Waals surface area contributed by atoms with Crippen LogP contribution in [-0.4, -0.2) is 16.7 Å². The molecule has 0 amide bonds. The van der Waals surface area contributed by atoms with Gasteiger partial charge in [0.2, 0.25) is 0 Å². The highest BCUT2D eigenvalue weighted by Gasteiger charge is 2.55. The number of hydrogen-bond acceptors (Lipinski definition) is 1. The fourth-order valence-corrected chi connectivity index (χ4v) is 2.51. The molecule has 3 atom stereocenters. The van der Waals surface area contributed by atoms with Crippen molar-refractivity contribution in [3.05, 3.63) is 11.4 Å². The summed E-state index contributed by atoms with van der Waals surface area (Å²) in [5.74, 6) is 1.34. The monoisotopic (exact) mass is 195 g/mol. The summed E-state index contributed by atoms with van der Waals surface area (Å²) < 4.78 is 0. The van der Waals surface area contributed by atoms with E-state index in [9.17, 15) is 5.11 Å². The zero-order chi connectivity index (χ0) is 10.9. The Hall–Kier alpha value is -0.550. The number of nitrogens with zero attached hydrogens (tertiary/aromatic N) is 1. The van der Waals surface area contributed by atoms with Gasteiger partial charge in [-0.1, -0.05) is 27.7 Å². The average molecular weight is 195 g/mol. The first-order valence-corrected chi connectivity index (χ1v) is 5.50. The van der Waals surface area contributed by atoms with Gasteiger partial charge in [-0.15, -0.1) is 0 Å². The molecule has 80 valence electrons. The highest BCUT2D eigenvalue weighted by molar-refractivity contribution is 5.12. The number of aliphatic hydroxyl groups excluding tert-OH is 1. The van der Waals surface area contributed by atoms with Crippen LogP contribution in [0.1, 0.15) is 40.5 Å². The summed E-state index contributed by atoms with van der Waals surface area (Å²) in [4.78, 5) is 3.73. The molecule has 0 radical (unpaired) electrons. The van der Waals surface area contributed by atoms with Crippen molar-refractivity contribution in [3.63, 3.8) is 0 Å². The maximum atomic E-state index is 10.0. The lowest BCUT2D eigenvalue weighted by atomic mass is 9.82. The van der Waals surface area contributed by atoms with E-state index in [-0.39, 0.29) is 5.92 Å². The summed E-state index contributed by atoms with van der Waals surface area (Å²) in [6.45, 7) is 15.8. The number of rotatable bonds is 2. The van der Waals surface area contributed by atoms with Gasteiger partial charge < -0.3 is 9.95 Å². The Labute approximate surface area is 87.1 Å². The maximum Gasteiger partial charge on any atom is 0.260 e. The third kappa shape index (κ3) is 1.66. The minimum Gasteiger partial charge on any atom is -0.385 e. The molecule has 1 aliphatic rings. The smallest absolute Gasteiger partial charge is 0.260 e. The van der Waals surface area contributed by atoms with Crippen molar-refractivity contribution in [1.82, 2.24) is 0 Å². The van der Waals surface area contributed by atoms with E-state index in [2.05, 4.69) is 18.7 Å². The van der Waals surface area contributed by atoms with E-state index < -0.39 is 11.6 Å². The lowest BCUT2D eigenvalue weighted by Gasteiger charge is -2.24. The van der Waals surface area contributed by atoms with Crippen LogP contribution in [0.3, 0.4) is 0 Å². The van der Waals surface area contributed by atoms with E-state index in [4.69, 9.17) is 6.57 Å². The van der Waals surface area contributed by atoms with Crippen molar-refractivity contribution in [2.45, 2.75) is 52.2 Å². The predicted molar refractivity (Wildman–Crippen MR) is 57.7 cm³/mol. The minimum absolute atomic E-state index is 0.249. The first kappa shape index (κ1) is 11.5. The molecule has 0 aliphatic heterocycles. The molecule has 0 aromatic rings. The van der Waals surface area contributed by atoms with Crippen molar-refractivity contribution in [1.29, 1.82) is 0 Å². The summed E-state index contributed by atoms with van der Waals surface area (Å²) in [5.41, 5.74) is -0.505. The second kappa shape index (κ2) is 3.90. The van der Waals surface area contributed by atoms with E-state index >= 15 is 0 Å². The highest BCUT2D eigenvalue weighted by atomic mass is 16.3. The molecule has 2 heteroatoms. The first-order valence-electron chi connectivity index (χ1n) is 5.50. The molecule has 1 N–H and O–H groups in total. The normalized spacial score (nSPS) is 37.9. The molecule has 0 heterocycles. The van der Waals surface area contributed by atoms with Crippen LogP contribution in [0.5, 0.6) is 0 Å². The molecule has 1 saturated carbocycles. The molecule has 3 unspecified atom stereocenters. The minimum atomic E-state index is -0.505. The fourth-order valence-electron chi connectivity index (χ4n) is 2.51. The van der Waals surface area contributed by atoms with E-state index in [1.54, 1.807) is 0 Å². The van der Waals surface area contributed by atoms with Gasteiger partial charge in [0.15, 0.2) is 0 Å². The second-order valence-corrected chi connectivity index (χ2v) is 5.22. The van der Waals surface area contributed by atoms with Gasteiger partial charge in [0.1, 0.15) is 6.10 Å². The molecular weight excluding hydrogens is 174 g/mol. The average Bonchev–Trinajstić information content (AvgIpc) is 2.44. The van der Waals surface area contributed by atoms with Crippen molar-refractivity contribution in [2.75, 3.05) is 0 Å². The zero-order valence-electron chi connectivity index (χ0n) is 9.62. The van der Waals surface area contributed by atoms with E-state index in [1.165, 1.54) is 0 Å². The van der Waals surface area contributed by atoms with E-state index in [0.717, 1.165) is 12.8 Å². The number of aliphatic hydroxyl groups is 1. The Morgan fingerprint density at radius 2 is 1.93 bits per heavy atom. The third-order valence-corrected chi connectivity index (χ3v) is 3.84. The van der Waals surface area contributed by atoms with Gasteiger partial charge in [0.25, 0.3) is 5.54 Å². The molecule has 0 spiro atoms. The predicted octanol–water partition coefficient (Wildman–Crippen LogP) is 2.73. The molecular formula is C12H21NO. The Balaban J connectivity index is 2.87. The maximum absolute atomic E-state index is 10.0. The summed E-state index contributed by atoms with van der Waals surface area (Å²) in [6.07, 6.45) is 1.25. The molecule has 2 nitrogen and oxygen atoms in total. The molecule has 14 heavy (non-hydrogen) atoms. The van der Waals surface area contributed by atoms with Gasteiger partial charge >= 0.3 is 0 Å². The quantitative estimate of drug-likeness (QED) is 0.673. The molecule has 0 aromatic carbocycles. The topological polar surface area (TPSA) is 24.6 Å². The van der Waals surface area contributed by atoms with Gasteiger partial charge in [-0.3, -0.25) is 0 Å². The Bertz CT molecular complexity index is 241. The van der Waals surface area contributed by atoms with Crippen LogP contribution in [0.2, 0.25) is 0 Å². The van der Waals surface area contributed by atoms with Crippen LogP contribution < -0.4 is 0 Å². The molecule has 1 rings (SSSR count). The van der Waals surface area contributed by atoms with Crippen LogP contribution in [0.25, 0.3) is 4.85 Å². The third-order valence-electron chi connectivity index (χ3n) is 3.84. The van der Waals surface area contributed by atoms with Crippen LogP contribution in [0.4, 0.5) is 0 Å². The number of hydrogen-bond donors (Lipinski definition) is 1. The molecule has 0 saturated heterocycles. The van der Waals surface area contributed by atoms with Crippen molar-refractivity contribution >= 4 is 0 Å². The lowest BCUT2D eigenvalue weighted by molar-refractivity contribution is 0.104. The first-order chi connectivity index (χ1) is 6.44. The molecule has 1 aliphatic carbocycles. The van der Waals surface area contributed by atoms with Crippen molar-refractivity contribution in [2.24, 2.45) is 17.8 Å². The summed E-state index contributed by atoms with van der Waals surface area (Å²) in [7, 11) is 0. The van der Waals surface area contributed by atoms with Gasteiger partial charge in [-0.05, 0) is 18.3 Å². The Kier molecular flexibility index (Phi) is 3.21. The van der Waals surface area contributed by atoms with Crippen LogP contribution in [0, 0.1) is 24.3 Å². The molecule has 0 bridgehead atoms. The van der Waals surface area contributed by atoms with Gasteiger partial charge in [-0.2, -0.15) is 0 Å². The highest BCUT2D eigenvalue weighted by Crippen LogP contribution is 2.45. The second-order valence-electron chi connectivity index (χ2n) is 5.22. The van der Waals surface area contributed by atoms with Crippen molar-refractivity contribution in [3.8, 4) is 0 Å². The Morgan fingerprint density at radius 3 is 2.14 bits per heavy atom. The summed E-state index contributed by atoms with van der Waals surface area (Å²) in [5, 5.41) is 10.0. The Morgan fingerprint density at radius 1 is 1.36 bits per heavy atom. The van der Waals surface area contributed by atoms with Crippen molar-refractivity contribution < 1.29 is 5.11 Å². The largest absolute Gasteiger partial charge is 0.385 e.